The summed E-state index contributed by atoms with van der Waals surface area (Å²) >= 11 is 0. The van der Waals surface area contributed by atoms with E-state index in [0.29, 0.717) is 19.5 Å². The van der Waals surface area contributed by atoms with Gasteiger partial charge in [0, 0.05) is 25.6 Å². The number of halogens is 1. The lowest BCUT2D eigenvalue weighted by Crippen LogP contribution is -2.43. The first-order valence-electron chi connectivity index (χ1n) is 7.30. The van der Waals surface area contributed by atoms with E-state index in [1.807, 2.05) is 19.9 Å². The Hall–Kier alpha value is -1.66. The highest BCUT2D eigenvalue weighted by Crippen LogP contribution is 2.22. The zero-order valence-electron chi connectivity index (χ0n) is 13.4. The van der Waals surface area contributed by atoms with E-state index in [2.05, 4.69) is 10.6 Å². The third-order valence-corrected chi connectivity index (χ3v) is 3.42. The lowest BCUT2D eigenvalue weighted by Gasteiger charge is -2.25. The molecule has 0 fully saturated rings. The van der Waals surface area contributed by atoms with Gasteiger partial charge in [0.05, 0.1) is 12.7 Å². The van der Waals surface area contributed by atoms with E-state index in [1.165, 1.54) is 19.2 Å². The van der Waals surface area contributed by atoms with Gasteiger partial charge in [0.1, 0.15) is 5.82 Å². The van der Waals surface area contributed by atoms with Crippen LogP contribution in [0.15, 0.2) is 24.3 Å². The number of nitrogens with one attached hydrogen (secondary N) is 2. The maximum absolute atomic E-state index is 13.3. The van der Waals surface area contributed by atoms with Gasteiger partial charge in [-0.05, 0) is 24.1 Å². The summed E-state index contributed by atoms with van der Waals surface area (Å²) in [7, 11) is 1.51. The number of amides is 2. The first-order chi connectivity index (χ1) is 10.3. The number of urea groups is 1. The number of aliphatic hydroxyl groups is 1. The molecule has 1 aromatic rings. The van der Waals surface area contributed by atoms with E-state index in [0.717, 1.165) is 5.56 Å². The largest absolute Gasteiger partial charge is 0.391 e. The number of hydrogen-bond acceptors (Lipinski definition) is 3. The molecular weight excluding hydrogens is 287 g/mol. The van der Waals surface area contributed by atoms with E-state index in [9.17, 15) is 14.3 Å². The average Bonchev–Trinajstić information content (AvgIpc) is 2.45. The average molecular weight is 312 g/mol. The molecule has 0 aliphatic carbocycles. The van der Waals surface area contributed by atoms with Crippen LogP contribution < -0.4 is 10.6 Å². The first-order valence-corrected chi connectivity index (χ1v) is 7.30. The van der Waals surface area contributed by atoms with Gasteiger partial charge in [-0.15, -0.1) is 0 Å². The fourth-order valence-corrected chi connectivity index (χ4v) is 2.00. The molecule has 0 radical (unpaired) electrons. The molecule has 22 heavy (non-hydrogen) atoms. The summed E-state index contributed by atoms with van der Waals surface area (Å²) in [4.78, 5) is 11.7. The van der Waals surface area contributed by atoms with Crippen LogP contribution in [-0.2, 0) is 10.2 Å². The number of methoxy groups -OCH3 is 1. The van der Waals surface area contributed by atoms with Crippen molar-refractivity contribution < 1.29 is 19.0 Å². The number of hydrogen-bond donors (Lipinski definition) is 3. The van der Waals surface area contributed by atoms with Crippen molar-refractivity contribution in [1.29, 1.82) is 0 Å². The van der Waals surface area contributed by atoms with Gasteiger partial charge in [0.25, 0.3) is 0 Å². The lowest BCUT2D eigenvalue weighted by molar-refractivity contribution is 0.0598. The number of benzene rings is 1. The minimum atomic E-state index is -0.589. The first kappa shape index (κ1) is 18.4. The smallest absolute Gasteiger partial charge is 0.314 e. The highest BCUT2D eigenvalue weighted by molar-refractivity contribution is 5.73. The van der Waals surface area contributed by atoms with Crippen molar-refractivity contribution in [3.8, 4) is 0 Å². The molecule has 0 aliphatic rings. The molecule has 124 valence electrons. The molecular formula is C16H25FN2O3. The van der Waals surface area contributed by atoms with Gasteiger partial charge in [-0.25, -0.2) is 9.18 Å². The lowest BCUT2D eigenvalue weighted by atomic mass is 9.84. The molecule has 0 saturated carbocycles. The second kappa shape index (κ2) is 8.70. The van der Waals surface area contributed by atoms with E-state index in [4.69, 9.17) is 4.74 Å². The van der Waals surface area contributed by atoms with Crippen molar-refractivity contribution in [2.24, 2.45) is 0 Å². The van der Waals surface area contributed by atoms with Crippen molar-refractivity contribution in [2.75, 3.05) is 26.8 Å². The Bertz CT molecular complexity index is 480. The summed E-state index contributed by atoms with van der Waals surface area (Å²) in [5.74, 6) is -0.290. The Morgan fingerprint density at radius 1 is 1.41 bits per heavy atom. The summed E-state index contributed by atoms with van der Waals surface area (Å²) < 4.78 is 18.1. The van der Waals surface area contributed by atoms with Crippen LogP contribution in [0.4, 0.5) is 9.18 Å². The maximum Gasteiger partial charge on any atom is 0.314 e. The Morgan fingerprint density at radius 2 is 2.14 bits per heavy atom. The third-order valence-electron chi connectivity index (χ3n) is 3.42. The zero-order chi connectivity index (χ0) is 16.6. The van der Waals surface area contributed by atoms with Gasteiger partial charge in [0.2, 0.25) is 0 Å². The van der Waals surface area contributed by atoms with Crippen LogP contribution in [-0.4, -0.2) is 44.0 Å². The molecule has 0 aromatic heterocycles. The maximum atomic E-state index is 13.3. The second-order valence-electron chi connectivity index (χ2n) is 5.90. The van der Waals surface area contributed by atoms with Crippen LogP contribution in [0, 0.1) is 5.82 Å². The molecule has 1 atom stereocenters. The SMILES string of the molecule is COCC(O)CCNC(=O)NCC(C)(C)c1cccc(F)c1. The standard InChI is InChI=1S/C16H25FN2O3/c1-16(2,12-5-4-6-13(17)9-12)11-19-15(21)18-8-7-14(20)10-22-3/h4-6,9,14,20H,7-8,10-11H2,1-3H3,(H2,18,19,21). The summed E-state index contributed by atoms with van der Waals surface area (Å²) in [6.45, 7) is 4.85. The topological polar surface area (TPSA) is 70.6 Å². The second-order valence-corrected chi connectivity index (χ2v) is 5.90. The Morgan fingerprint density at radius 3 is 2.77 bits per heavy atom. The molecule has 6 heteroatoms. The zero-order valence-corrected chi connectivity index (χ0v) is 13.4. The van der Waals surface area contributed by atoms with Crippen LogP contribution in [0.1, 0.15) is 25.8 Å². The quantitative estimate of drug-likeness (QED) is 0.685. The van der Waals surface area contributed by atoms with Crippen LogP contribution >= 0.6 is 0 Å². The van der Waals surface area contributed by atoms with Crippen molar-refractivity contribution in [3.63, 3.8) is 0 Å². The molecule has 0 spiro atoms. The normalized spacial score (nSPS) is 12.8. The molecule has 2 amide bonds. The van der Waals surface area contributed by atoms with Gasteiger partial charge >= 0.3 is 6.03 Å². The van der Waals surface area contributed by atoms with E-state index in [-0.39, 0.29) is 23.9 Å². The highest BCUT2D eigenvalue weighted by Gasteiger charge is 2.21. The van der Waals surface area contributed by atoms with Gasteiger partial charge in [-0.3, -0.25) is 0 Å². The molecule has 1 unspecified atom stereocenters. The molecule has 0 saturated heterocycles. The van der Waals surface area contributed by atoms with Gasteiger partial charge in [-0.2, -0.15) is 0 Å². The van der Waals surface area contributed by atoms with Crippen LogP contribution in [0.5, 0.6) is 0 Å². The van der Waals surface area contributed by atoms with Crippen molar-refractivity contribution in [2.45, 2.75) is 31.8 Å². The van der Waals surface area contributed by atoms with Gasteiger partial charge in [-0.1, -0.05) is 26.0 Å². The summed E-state index contributed by atoms with van der Waals surface area (Å²) in [6, 6.07) is 6.05. The molecule has 5 nitrogen and oxygen atoms in total. The molecule has 1 aromatic carbocycles. The Kier molecular flexibility index (Phi) is 7.27. The van der Waals surface area contributed by atoms with Crippen LogP contribution in [0.2, 0.25) is 0 Å². The fraction of sp³-hybridized carbons (Fsp3) is 0.562. The molecule has 0 bridgehead atoms. The fourth-order valence-electron chi connectivity index (χ4n) is 2.00. The molecule has 1 rings (SSSR count). The monoisotopic (exact) mass is 312 g/mol. The Balaban J connectivity index is 2.36. The highest BCUT2D eigenvalue weighted by atomic mass is 19.1. The van der Waals surface area contributed by atoms with E-state index >= 15 is 0 Å². The third kappa shape index (κ3) is 6.41. The van der Waals surface area contributed by atoms with Gasteiger partial charge < -0.3 is 20.5 Å². The van der Waals surface area contributed by atoms with Crippen LogP contribution in [0.3, 0.4) is 0 Å². The Labute approximate surface area is 130 Å². The number of carbonyl (C=O) groups is 1. The van der Waals surface area contributed by atoms with Crippen LogP contribution in [0.25, 0.3) is 0 Å². The minimum absolute atomic E-state index is 0.246. The summed E-state index contributed by atoms with van der Waals surface area (Å²) in [6.07, 6.45) is -0.164. The number of carbonyl (C=O) groups excluding carboxylic acids is 1. The molecule has 0 heterocycles. The number of rotatable bonds is 8. The van der Waals surface area contributed by atoms with Crippen molar-refractivity contribution >= 4 is 6.03 Å². The predicted octanol–water partition coefficient (Wildman–Crippen LogP) is 1.80. The minimum Gasteiger partial charge on any atom is -0.391 e. The molecule has 0 aliphatic heterocycles. The van der Waals surface area contributed by atoms with E-state index in [1.54, 1.807) is 6.07 Å². The van der Waals surface area contributed by atoms with E-state index < -0.39 is 6.10 Å². The van der Waals surface area contributed by atoms with Crippen molar-refractivity contribution in [3.05, 3.63) is 35.6 Å². The predicted molar refractivity (Wildman–Crippen MR) is 83.3 cm³/mol. The van der Waals surface area contributed by atoms with Gasteiger partial charge in [0.15, 0.2) is 0 Å². The number of ether oxygens (including phenoxy) is 1. The summed E-state index contributed by atoms with van der Waals surface area (Å²) in [5.41, 5.74) is 0.443. The number of aliphatic hydroxyl groups excluding tert-OH is 1. The van der Waals surface area contributed by atoms with Crippen molar-refractivity contribution in [1.82, 2.24) is 10.6 Å². The summed E-state index contributed by atoms with van der Waals surface area (Å²) in [5, 5.41) is 14.9. The molecule has 3 N–H and O–H groups in total.